The fraction of sp³-hybridized carbons (Fsp3) is 0.923. The van der Waals surface area contributed by atoms with Crippen LogP contribution in [-0.2, 0) is 9.53 Å². The first-order valence-electron chi connectivity index (χ1n) is 6.62. The van der Waals surface area contributed by atoms with Crippen LogP contribution in [0, 0.1) is 11.8 Å². The number of methoxy groups -OCH3 is 1. The summed E-state index contributed by atoms with van der Waals surface area (Å²) >= 11 is 1.72. The molecule has 5 heteroatoms. The van der Waals surface area contributed by atoms with E-state index < -0.39 is 5.54 Å². The van der Waals surface area contributed by atoms with Crippen molar-refractivity contribution < 1.29 is 14.6 Å². The van der Waals surface area contributed by atoms with Crippen molar-refractivity contribution in [3.05, 3.63) is 0 Å². The van der Waals surface area contributed by atoms with E-state index in [9.17, 15) is 4.79 Å². The van der Waals surface area contributed by atoms with E-state index in [1.54, 1.807) is 11.8 Å². The molecule has 0 aromatic heterocycles. The second-order valence-electron chi connectivity index (χ2n) is 5.07. The summed E-state index contributed by atoms with van der Waals surface area (Å²) in [6.45, 7) is 4.99. The van der Waals surface area contributed by atoms with Gasteiger partial charge in [0.15, 0.2) is 0 Å². The van der Waals surface area contributed by atoms with Gasteiger partial charge in [-0.1, -0.05) is 13.8 Å². The summed E-state index contributed by atoms with van der Waals surface area (Å²) in [6.07, 6.45) is 2.19. The van der Waals surface area contributed by atoms with E-state index >= 15 is 0 Å². The summed E-state index contributed by atoms with van der Waals surface area (Å²) in [4.78, 5) is 12.1. The zero-order chi connectivity index (χ0) is 13.6. The van der Waals surface area contributed by atoms with Crippen LogP contribution in [0.5, 0.6) is 0 Å². The molecule has 2 atom stereocenters. The lowest BCUT2D eigenvalue weighted by Crippen LogP contribution is -2.56. The second kappa shape index (κ2) is 7.36. The number of carbonyl (C=O) groups is 1. The lowest BCUT2D eigenvalue weighted by Gasteiger charge is -2.32. The molecule has 0 radical (unpaired) electrons. The van der Waals surface area contributed by atoms with E-state index in [-0.39, 0.29) is 18.5 Å². The van der Waals surface area contributed by atoms with E-state index in [2.05, 4.69) is 5.32 Å². The number of thioether (sulfide) groups is 1. The summed E-state index contributed by atoms with van der Waals surface area (Å²) < 4.78 is 4.99. The third kappa shape index (κ3) is 3.87. The van der Waals surface area contributed by atoms with Crippen LogP contribution in [0.4, 0.5) is 0 Å². The number of ether oxygens (including phenoxy) is 1. The molecule has 2 unspecified atom stereocenters. The minimum absolute atomic E-state index is 0.143. The van der Waals surface area contributed by atoms with Crippen LogP contribution in [0.25, 0.3) is 0 Å². The number of rotatable bonds is 9. The van der Waals surface area contributed by atoms with Crippen LogP contribution in [-0.4, -0.2) is 48.4 Å². The van der Waals surface area contributed by atoms with Crippen molar-refractivity contribution in [2.24, 2.45) is 11.8 Å². The highest BCUT2D eigenvalue weighted by molar-refractivity contribution is 7.99. The number of likely N-dealkylation sites (N-methyl/N-ethyl adjacent to an activating group) is 1. The molecular formula is C13H25NO3S. The fourth-order valence-corrected chi connectivity index (χ4v) is 3.56. The first kappa shape index (κ1) is 15.8. The Balaban J connectivity index is 2.61. The number of aliphatic hydroxyl groups excluding tert-OH is 1. The van der Waals surface area contributed by atoms with Gasteiger partial charge in [-0.05, 0) is 37.0 Å². The molecule has 0 heterocycles. The quantitative estimate of drug-likeness (QED) is 0.621. The number of hydrogen-bond acceptors (Lipinski definition) is 5. The van der Waals surface area contributed by atoms with Gasteiger partial charge in [0.1, 0.15) is 5.54 Å². The number of carbonyl (C=O) groups excluding carboxylic acids is 1. The Morgan fingerprint density at radius 2 is 2.28 bits per heavy atom. The Kier molecular flexibility index (Phi) is 6.46. The van der Waals surface area contributed by atoms with E-state index in [0.29, 0.717) is 5.92 Å². The van der Waals surface area contributed by atoms with Gasteiger partial charge in [0.05, 0.1) is 7.11 Å². The van der Waals surface area contributed by atoms with Gasteiger partial charge < -0.3 is 15.2 Å². The monoisotopic (exact) mass is 275 g/mol. The van der Waals surface area contributed by atoms with Crippen LogP contribution in [0.15, 0.2) is 0 Å². The van der Waals surface area contributed by atoms with Crippen LogP contribution in [0.3, 0.4) is 0 Å². The van der Waals surface area contributed by atoms with Gasteiger partial charge in [0.2, 0.25) is 0 Å². The maximum absolute atomic E-state index is 12.1. The SMILES string of the molecule is CCNC(CSCC(C)CO)(C(=O)OC)C1CC1. The van der Waals surface area contributed by atoms with E-state index in [0.717, 1.165) is 30.9 Å². The van der Waals surface area contributed by atoms with Crippen molar-refractivity contribution in [3.63, 3.8) is 0 Å². The average Bonchev–Trinajstić information content (AvgIpc) is 3.20. The lowest BCUT2D eigenvalue weighted by molar-refractivity contribution is -0.148. The zero-order valence-corrected chi connectivity index (χ0v) is 12.4. The topological polar surface area (TPSA) is 58.6 Å². The van der Waals surface area contributed by atoms with Gasteiger partial charge in [-0.25, -0.2) is 0 Å². The lowest BCUT2D eigenvalue weighted by atomic mass is 9.95. The summed E-state index contributed by atoms with van der Waals surface area (Å²) in [5, 5.41) is 12.4. The smallest absolute Gasteiger partial charge is 0.327 e. The average molecular weight is 275 g/mol. The molecule has 106 valence electrons. The Bertz CT molecular complexity index is 271. The number of aliphatic hydroxyl groups is 1. The fourth-order valence-electron chi connectivity index (χ4n) is 2.16. The number of nitrogens with one attached hydrogen (secondary N) is 1. The van der Waals surface area contributed by atoms with Crippen LogP contribution >= 0.6 is 11.8 Å². The summed E-state index contributed by atoms with van der Waals surface area (Å²) in [7, 11) is 1.46. The van der Waals surface area contributed by atoms with Gasteiger partial charge in [-0.2, -0.15) is 11.8 Å². The third-order valence-electron chi connectivity index (χ3n) is 3.36. The standard InChI is InChI=1S/C13H25NO3S/c1-4-14-13(11-5-6-11,12(16)17-3)9-18-8-10(2)7-15/h10-11,14-15H,4-9H2,1-3H3. The summed E-state index contributed by atoms with van der Waals surface area (Å²) in [6, 6.07) is 0. The van der Waals surface area contributed by atoms with E-state index in [1.165, 1.54) is 7.11 Å². The summed E-state index contributed by atoms with van der Waals surface area (Å²) in [5.41, 5.74) is -0.524. The van der Waals surface area contributed by atoms with Crippen LogP contribution in [0.2, 0.25) is 0 Å². The van der Waals surface area contributed by atoms with Gasteiger partial charge in [0, 0.05) is 12.4 Å². The Morgan fingerprint density at radius 3 is 2.72 bits per heavy atom. The van der Waals surface area contributed by atoms with Crippen molar-refractivity contribution >= 4 is 17.7 Å². The number of hydrogen-bond donors (Lipinski definition) is 2. The molecule has 1 aliphatic carbocycles. The molecular weight excluding hydrogens is 250 g/mol. The molecule has 0 amide bonds. The van der Waals surface area contributed by atoms with Crippen molar-refractivity contribution in [1.82, 2.24) is 5.32 Å². The van der Waals surface area contributed by atoms with Crippen molar-refractivity contribution in [1.29, 1.82) is 0 Å². The Morgan fingerprint density at radius 1 is 1.61 bits per heavy atom. The molecule has 18 heavy (non-hydrogen) atoms. The minimum atomic E-state index is -0.524. The molecule has 1 saturated carbocycles. The molecule has 0 aliphatic heterocycles. The minimum Gasteiger partial charge on any atom is -0.468 e. The highest BCUT2D eigenvalue weighted by Gasteiger charge is 2.51. The molecule has 0 saturated heterocycles. The molecule has 0 aromatic rings. The maximum Gasteiger partial charge on any atom is 0.327 e. The highest BCUT2D eigenvalue weighted by atomic mass is 32.2. The third-order valence-corrected chi connectivity index (χ3v) is 4.82. The van der Waals surface area contributed by atoms with Crippen molar-refractivity contribution in [2.45, 2.75) is 32.2 Å². The zero-order valence-electron chi connectivity index (χ0n) is 11.6. The van der Waals surface area contributed by atoms with Gasteiger partial charge >= 0.3 is 5.97 Å². The first-order valence-corrected chi connectivity index (χ1v) is 7.78. The molecule has 1 rings (SSSR count). The second-order valence-corrected chi connectivity index (χ2v) is 6.10. The first-order chi connectivity index (χ1) is 8.60. The van der Waals surface area contributed by atoms with E-state index in [1.807, 2.05) is 13.8 Å². The number of esters is 1. The predicted molar refractivity (Wildman–Crippen MR) is 74.7 cm³/mol. The van der Waals surface area contributed by atoms with Crippen LogP contribution in [0.1, 0.15) is 26.7 Å². The van der Waals surface area contributed by atoms with Crippen molar-refractivity contribution in [3.8, 4) is 0 Å². The largest absolute Gasteiger partial charge is 0.468 e. The van der Waals surface area contributed by atoms with Gasteiger partial charge in [-0.15, -0.1) is 0 Å². The van der Waals surface area contributed by atoms with Crippen molar-refractivity contribution in [2.75, 3.05) is 31.8 Å². The molecule has 0 aromatic carbocycles. The normalized spacial score (nSPS) is 20.2. The molecule has 2 N–H and O–H groups in total. The van der Waals surface area contributed by atoms with Crippen LogP contribution < -0.4 is 5.32 Å². The maximum atomic E-state index is 12.1. The highest BCUT2D eigenvalue weighted by Crippen LogP contribution is 2.42. The predicted octanol–water partition coefficient (Wildman–Crippen LogP) is 1.28. The summed E-state index contributed by atoms with van der Waals surface area (Å²) in [5.74, 6) is 2.12. The molecule has 1 aliphatic rings. The molecule has 0 bridgehead atoms. The Hall–Kier alpha value is -0.260. The Labute approximate surface area is 114 Å². The molecule has 0 spiro atoms. The van der Waals surface area contributed by atoms with Gasteiger partial charge in [-0.3, -0.25) is 4.79 Å². The van der Waals surface area contributed by atoms with E-state index in [4.69, 9.17) is 9.84 Å². The molecule has 4 nitrogen and oxygen atoms in total. The molecule has 1 fully saturated rings. The van der Waals surface area contributed by atoms with Gasteiger partial charge in [0.25, 0.3) is 0 Å².